The van der Waals surface area contributed by atoms with Gasteiger partial charge in [0.1, 0.15) is 10.8 Å². The van der Waals surface area contributed by atoms with Gasteiger partial charge in [0.05, 0.1) is 16.4 Å². The Labute approximate surface area is 101 Å². The number of hydrazone groups is 1. The highest BCUT2D eigenvalue weighted by atomic mass is 32.1. The molecule has 0 unspecified atom stereocenters. The Kier molecular flexibility index (Phi) is 6.60. The average molecular weight is 249 g/mol. The Hall–Kier alpha value is -2.51. The molecule has 0 saturated heterocycles. The molecular formula is C10H8FN5S. The second-order valence-electron chi connectivity index (χ2n) is 2.44. The lowest BCUT2D eigenvalue weighted by Crippen LogP contribution is -1.83. The highest BCUT2D eigenvalue weighted by Crippen LogP contribution is 2.21. The van der Waals surface area contributed by atoms with Gasteiger partial charge in [-0.25, -0.2) is 19.9 Å². The van der Waals surface area contributed by atoms with E-state index in [1.165, 1.54) is 29.7 Å². The minimum Gasteiger partial charge on any atom is -0.323 e. The van der Waals surface area contributed by atoms with E-state index in [9.17, 15) is 4.39 Å². The first-order chi connectivity index (χ1) is 8.29. The molecule has 0 saturated carbocycles. The van der Waals surface area contributed by atoms with Crippen molar-refractivity contribution in [3.63, 3.8) is 0 Å². The maximum absolute atomic E-state index is 12.8. The molecule has 1 heterocycles. The topological polar surface area (TPSA) is 98.8 Å². The van der Waals surface area contributed by atoms with Crippen molar-refractivity contribution in [2.45, 2.75) is 0 Å². The van der Waals surface area contributed by atoms with Crippen LogP contribution in [0.25, 0.3) is 10.2 Å². The summed E-state index contributed by atoms with van der Waals surface area (Å²) in [5.74, 6) is 4.72. The summed E-state index contributed by atoms with van der Waals surface area (Å²) in [6, 6.07) is 4.46. The zero-order valence-electron chi connectivity index (χ0n) is 8.62. The second kappa shape index (κ2) is 7.74. The molecule has 1 aromatic heterocycles. The molecule has 5 nitrogen and oxygen atoms in total. The van der Waals surface area contributed by atoms with Crippen molar-refractivity contribution in [1.29, 1.82) is 10.5 Å². The standard InChI is InChI=1S/C8H6FN3S.2CHN/c9-5-1-2-6-7(3-5)13-8(12-6)4-11-10;2*1-2/h1-4H,10H2;2*1H. The lowest BCUT2D eigenvalue weighted by atomic mass is 10.3. The molecule has 0 aliphatic heterocycles. The lowest BCUT2D eigenvalue weighted by molar-refractivity contribution is 0.630. The molecule has 2 N–H and O–H groups in total. The molecule has 17 heavy (non-hydrogen) atoms. The van der Waals surface area contributed by atoms with Crippen LogP contribution in [0.1, 0.15) is 5.01 Å². The number of halogens is 1. The quantitative estimate of drug-likeness (QED) is 0.474. The van der Waals surface area contributed by atoms with Gasteiger partial charge in [-0.1, -0.05) is 0 Å². The van der Waals surface area contributed by atoms with Gasteiger partial charge in [0.15, 0.2) is 0 Å². The van der Waals surface area contributed by atoms with Gasteiger partial charge >= 0.3 is 0 Å². The summed E-state index contributed by atoms with van der Waals surface area (Å²) in [5.41, 5.74) is 0.765. The minimum absolute atomic E-state index is 0.257. The molecule has 0 bridgehead atoms. The summed E-state index contributed by atoms with van der Waals surface area (Å²) in [4.78, 5) is 4.17. The van der Waals surface area contributed by atoms with Crippen molar-refractivity contribution < 1.29 is 4.39 Å². The van der Waals surface area contributed by atoms with E-state index in [4.69, 9.17) is 16.4 Å². The maximum Gasteiger partial charge on any atom is 0.137 e. The number of aromatic nitrogens is 1. The molecule has 0 spiro atoms. The summed E-state index contributed by atoms with van der Waals surface area (Å²) in [5, 5.41) is 17.0. The lowest BCUT2D eigenvalue weighted by Gasteiger charge is -1.85. The summed E-state index contributed by atoms with van der Waals surface area (Å²) in [6.07, 6.45) is 1.45. The highest BCUT2D eigenvalue weighted by molar-refractivity contribution is 7.20. The normalized spacial score (nSPS) is 9.00. The van der Waals surface area contributed by atoms with Crippen molar-refractivity contribution in [3.05, 3.63) is 29.0 Å². The van der Waals surface area contributed by atoms with Gasteiger partial charge < -0.3 is 5.84 Å². The molecule has 7 heteroatoms. The molecule has 0 radical (unpaired) electrons. The van der Waals surface area contributed by atoms with Crippen molar-refractivity contribution in [3.8, 4) is 13.1 Å². The molecule has 86 valence electrons. The smallest absolute Gasteiger partial charge is 0.137 e. The minimum atomic E-state index is -0.257. The molecule has 2 rings (SSSR count). The zero-order chi connectivity index (χ0) is 13.3. The van der Waals surface area contributed by atoms with Crippen LogP contribution in [-0.4, -0.2) is 11.2 Å². The van der Waals surface area contributed by atoms with E-state index >= 15 is 0 Å². The van der Waals surface area contributed by atoms with Crippen molar-refractivity contribution in [2.75, 3.05) is 0 Å². The molecule has 0 fully saturated rings. The van der Waals surface area contributed by atoms with Gasteiger partial charge in [-0.05, 0) is 18.2 Å². The van der Waals surface area contributed by atoms with Crippen molar-refractivity contribution in [1.82, 2.24) is 4.98 Å². The Bertz CT molecular complexity index is 537. The highest BCUT2D eigenvalue weighted by Gasteiger charge is 2.02. The predicted molar refractivity (Wildman–Crippen MR) is 64.7 cm³/mol. The van der Waals surface area contributed by atoms with Crippen LogP contribution in [0.15, 0.2) is 23.3 Å². The Morgan fingerprint density at radius 2 is 2.00 bits per heavy atom. The molecule has 0 aliphatic carbocycles. The first kappa shape index (κ1) is 14.5. The molecule has 0 amide bonds. The van der Waals surface area contributed by atoms with Crippen LogP contribution in [0.5, 0.6) is 0 Å². The first-order valence-electron chi connectivity index (χ1n) is 4.10. The number of nitrogens with zero attached hydrogens (tertiary/aromatic N) is 4. The summed E-state index contributed by atoms with van der Waals surface area (Å²) in [7, 11) is 0. The fourth-order valence-corrected chi connectivity index (χ4v) is 1.91. The predicted octanol–water partition coefficient (Wildman–Crippen LogP) is 2.01. The van der Waals surface area contributed by atoms with Gasteiger partial charge in [-0.2, -0.15) is 5.10 Å². The third-order valence-corrected chi connectivity index (χ3v) is 2.50. The molecule has 0 aliphatic rings. The fraction of sp³-hybridized carbons (Fsp3) is 0. The number of rotatable bonds is 1. The molecule has 2 aromatic rings. The Morgan fingerprint density at radius 1 is 1.35 bits per heavy atom. The number of hydrogen-bond donors (Lipinski definition) is 1. The monoisotopic (exact) mass is 249 g/mol. The van der Waals surface area contributed by atoms with Crippen molar-refractivity contribution >= 4 is 27.8 Å². The van der Waals surface area contributed by atoms with E-state index < -0.39 is 0 Å². The van der Waals surface area contributed by atoms with Gasteiger partial charge in [-0.3, -0.25) is 0 Å². The molecular weight excluding hydrogens is 241 g/mol. The van der Waals surface area contributed by atoms with E-state index in [0.29, 0.717) is 5.01 Å². The third-order valence-electron chi connectivity index (χ3n) is 1.55. The van der Waals surface area contributed by atoms with E-state index in [2.05, 4.69) is 23.2 Å². The van der Waals surface area contributed by atoms with Crippen LogP contribution < -0.4 is 5.84 Å². The number of benzene rings is 1. The van der Waals surface area contributed by atoms with Crippen molar-refractivity contribution in [2.24, 2.45) is 10.9 Å². The SMILES string of the molecule is C#N.C#N.NN=Cc1nc2ccc(F)cc2s1. The van der Waals surface area contributed by atoms with Gasteiger partial charge in [0.2, 0.25) is 0 Å². The van der Waals surface area contributed by atoms with Crippen LogP contribution in [0, 0.1) is 29.5 Å². The van der Waals surface area contributed by atoms with Crippen LogP contribution in [0.3, 0.4) is 0 Å². The van der Waals surface area contributed by atoms with E-state index in [0.717, 1.165) is 10.2 Å². The number of thiazole rings is 1. The summed E-state index contributed by atoms with van der Waals surface area (Å²) in [6.45, 7) is 7.00. The van der Waals surface area contributed by atoms with E-state index in [1.807, 2.05) is 0 Å². The number of hydrogen-bond acceptors (Lipinski definition) is 6. The first-order valence-corrected chi connectivity index (χ1v) is 4.92. The van der Waals surface area contributed by atoms with E-state index in [-0.39, 0.29) is 5.82 Å². The van der Waals surface area contributed by atoms with E-state index in [1.54, 1.807) is 6.07 Å². The fourth-order valence-electron chi connectivity index (χ4n) is 1.04. The second-order valence-corrected chi connectivity index (χ2v) is 3.50. The van der Waals surface area contributed by atoms with Crippen LogP contribution >= 0.6 is 11.3 Å². The van der Waals surface area contributed by atoms with Gasteiger partial charge in [0, 0.05) is 13.1 Å². The summed E-state index contributed by atoms with van der Waals surface area (Å²) >= 11 is 1.36. The van der Waals surface area contributed by atoms with Crippen LogP contribution in [0.2, 0.25) is 0 Å². The third kappa shape index (κ3) is 3.86. The van der Waals surface area contributed by atoms with Gasteiger partial charge in [0.25, 0.3) is 0 Å². The maximum atomic E-state index is 12.8. The van der Waals surface area contributed by atoms with Crippen LogP contribution in [-0.2, 0) is 0 Å². The number of nitrogens with two attached hydrogens (primary N) is 1. The largest absolute Gasteiger partial charge is 0.323 e. The number of nitriles is 2. The van der Waals surface area contributed by atoms with Gasteiger partial charge in [-0.15, -0.1) is 11.3 Å². The Morgan fingerprint density at radius 3 is 2.59 bits per heavy atom. The average Bonchev–Trinajstić information content (AvgIpc) is 2.76. The van der Waals surface area contributed by atoms with Crippen LogP contribution in [0.4, 0.5) is 4.39 Å². The molecule has 0 atom stereocenters. The zero-order valence-corrected chi connectivity index (χ0v) is 9.43. The Balaban J connectivity index is 0.000000581. The number of fused-ring (bicyclic) bond motifs is 1. The summed E-state index contributed by atoms with van der Waals surface area (Å²) < 4.78 is 13.6. The molecule has 1 aromatic carbocycles.